The SMILES string of the molecule is N#Cc1cnc(NCCOc2ccccc2)c([N+](=O)[O-])c1. The van der Waals surface area contributed by atoms with E-state index in [0.717, 1.165) is 5.75 Å². The van der Waals surface area contributed by atoms with Crippen LogP contribution in [0.4, 0.5) is 11.5 Å². The summed E-state index contributed by atoms with van der Waals surface area (Å²) in [7, 11) is 0. The Hall–Kier alpha value is -3.14. The monoisotopic (exact) mass is 284 g/mol. The number of ether oxygens (including phenoxy) is 1. The van der Waals surface area contributed by atoms with Crippen molar-refractivity contribution >= 4 is 11.5 Å². The molecule has 21 heavy (non-hydrogen) atoms. The number of rotatable bonds is 6. The molecule has 0 fully saturated rings. The van der Waals surface area contributed by atoms with Gasteiger partial charge in [0.05, 0.1) is 17.0 Å². The first-order valence-electron chi connectivity index (χ1n) is 6.17. The fourth-order valence-corrected chi connectivity index (χ4v) is 1.64. The van der Waals surface area contributed by atoms with E-state index in [1.54, 1.807) is 0 Å². The Kier molecular flexibility index (Phi) is 4.66. The third-order valence-corrected chi connectivity index (χ3v) is 2.60. The van der Waals surface area contributed by atoms with Gasteiger partial charge in [-0.25, -0.2) is 4.98 Å². The predicted molar refractivity (Wildman–Crippen MR) is 76.0 cm³/mol. The van der Waals surface area contributed by atoms with E-state index in [1.165, 1.54) is 12.3 Å². The fourth-order valence-electron chi connectivity index (χ4n) is 1.64. The number of anilines is 1. The zero-order valence-electron chi connectivity index (χ0n) is 11.0. The van der Waals surface area contributed by atoms with Crippen LogP contribution >= 0.6 is 0 Å². The molecule has 1 N–H and O–H groups in total. The van der Waals surface area contributed by atoms with Crippen LogP contribution in [0.1, 0.15) is 5.56 Å². The second-order valence-corrected chi connectivity index (χ2v) is 4.05. The van der Waals surface area contributed by atoms with E-state index in [9.17, 15) is 10.1 Å². The first kappa shape index (κ1) is 14.3. The number of aromatic nitrogens is 1. The molecular formula is C14H12N4O3. The highest BCUT2D eigenvalue weighted by atomic mass is 16.6. The Labute approximate surface area is 121 Å². The average molecular weight is 284 g/mol. The third kappa shape index (κ3) is 3.91. The molecule has 7 heteroatoms. The van der Waals surface area contributed by atoms with E-state index in [-0.39, 0.29) is 17.1 Å². The highest BCUT2D eigenvalue weighted by Gasteiger charge is 2.15. The average Bonchev–Trinajstić information content (AvgIpc) is 2.52. The van der Waals surface area contributed by atoms with E-state index in [4.69, 9.17) is 10.00 Å². The minimum Gasteiger partial charge on any atom is -0.492 e. The summed E-state index contributed by atoms with van der Waals surface area (Å²) < 4.78 is 5.46. The lowest BCUT2D eigenvalue weighted by molar-refractivity contribution is -0.384. The van der Waals surface area contributed by atoms with Gasteiger partial charge in [-0.15, -0.1) is 0 Å². The molecule has 0 saturated carbocycles. The summed E-state index contributed by atoms with van der Waals surface area (Å²) in [4.78, 5) is 14.2. The number of hydrogen-bond donors (Lipinski definition) is 1. The van der Waals surface area contributed by atoms with Gasteiger partial charge in [0.25, 0.3) is 0 Å². The smallest absolute Gasteiger partial charge is 0.312 e. The van der Waals surface area contributed by atoms with Gasteiger partial charge in [-0.1, -0.05) is 18.2 Å². The molecule has 0 aliphatic carbocycles. The molecule has 2 rings (SSSR count). The van der Waals surface area contributed by atoms with Crippen LogP contribution < -0.4 is 10.1 Å². The summed E-state index contributed by atoms with van der Waals surface area (Å²) in [5.41, 5.74) is -0.0819. The van der Waals surface area contributed by atoms with Crippen LogP contribution in [0, 0.1) is 21.4 Å². The molecule has 0 spiro atoms. The summed E-state index contributed by atoms with van der Waals surface area (Å²) in [5, 5.41) is 22.5. The van der Waals surface area contributed by atoms with E-state index < -0.39 is 4.92 Å². The lowest BCUT2D eigenvalue weighted by Gasteiger charge is -2.08. The Bertz CT molecular complexity index is 668. The van der Waals surface area contributed by atoms with Gasteiger partial charge in [-0.05, 0) is 12.1 Å². The number of pyridine rings is 1. The Balaban J connectivity index is 1.94. The Morgan fingerprint density at radius 3 is 2.81 bits per heavy atom. The van der Waals surface area contributed by atoms with Gasteiger partial charge in [0, 0.05) is 12.3 Å². The number of benzene rings is 1. The highest BCUT2D eigenvalue weighted by molar-refractivity contribution is 5.58. The van der Waals surface area contributed by atoms with E-state index in [1.807, 2.05) is 36.4 Å². The van der Waals surface area contributed by atoms with Crippen LogP contribution in [-0.4, -0.2) is 23.1 Å². The second kappa shape index (κ2) is 6.86. The molecule has 106 valence electrons. The summed E-state index contributed by atoms with van der Waals surface area (Å²) in [5.74, 6) is 0.845. The largest absolute Gasteiger partial charge is 0.492 e. The van der Waals surface area contributed by atoms with Crippen molar-refractivity contribution in [1.29, 1.82) is 5.26 Å². The molecule has 0 saturated heterocycles. The van der Waals surface area contributed by atoms with Crippen molar-refractivity contribution < 1.29 is 9.66 Å². The molecule has 1 heterocycles. The van der Waals surface area contributed by atoms with Crippen molar-refractivity contribution in [2.24, 2.45) is 0 Å². The van der Waals surface area contributed by atoms with E-state index in [2.05, 4.69) is 10.3 Å². The topological polar surface area (TPSA) is 101 Å². The molecule has 0 aliphatic heterocycles. The number of nitro groups is 1. The minimum absolute atomic E-state index is 0.121. The molecule has 0 amide bonds. The number of para-hydroxylation sites is 1. The molecule has 1 aromatic heterocycles. The standard InChI is InChI=1S/C14H12N4O3/c15-9-11-8-13(18(19)20)14(17-10-11)16-6-7-21-12-4-2-1-3-5-12/h1-5,8,10H,6-7H2,(H,16,17). The normalized spacial score (nSPS) is 9.67. The van der Waals surface area contributed by atoms with Crippen molar-refractivity contribution in [2.45, 2.75) is 0 Å². The summed E-state index contributed by atoms with van der Waals surface area (Å²) in [6.07, 6.45) is 1.29. The van der Waals surface area contributed by atoms with Crippen LogP contribution in [0.5, 0.6) is 5.75 Å². The Morgan fingerprint density at radius 1 is 1.38 bits per heavy atom. The van der Waals surface area contributed by atoms with Crippen LogP contribution in [0.2, 0.25) is 0 Å². The number of nitrogens with one attached hydrogen (secondary N) is 1. The van der Waals surface area contributed by atoms with Gasteiger partial charge in [0.1, 0.15) is 18.4 Å². The van der Waals surface area contributed by atoms with Crippen molar-refractivity contribution in [3.05, 3.63) is 58.3 Å². The molecular weight excluding hydrogens is 272 g/mol. The molecule has 0 radical (unpaired) electrons. The molecule has 0 aliphatic rings. The molecule has 0 bridgehead atoms. The Morgan fingerprint density at radius 2 is 2.14 bits per heavy atom. The molecule has 7 nitrogen and oxygen atoms in total. The number of nitriles is 1. The van der Waals surface area contributed by atoms with E-state index in [0.29, 0.717) is 13.2 Å². The number of hydrogen-bond acceptors (Lipinski definition) is 6. The summed E-state index contributed by atoms with van der Waals surface area (Å²) >= 11 is 0. The molecule has 0 atom stereocenters. The minimum atomic E-state index is -0.575. The highest BCUT2D eigenvalue weighted by Crippen LogP contribution is 2.22. The lowest BCUT2D eigenvalue weighted by Crippen LogP contribution is -2.13. The second-order valence-electron chi connectivity index (χ2n) is 4.05. The predicted octanol–water partition coefficient (Wildman–Crippen LogP) is 2.35. The zero-order valence-corrected chi connectivity index (χ0v) is 11.0. The van der Waals surface area contributed by atoms with E-state index >= 15 is 0 Å². The maximum absolute atomic E-state index is 10.9. The van der Waals surface area contributed by atoms with Crippen molar-refractivity contribution in [2.75, 3.05) is 18.5 Å². The van der Waals surface area contributed by atoms with Crippen LogP contribution in [0.3, 0.4) is 0 Å². The molecule has 2 aromatic rings. The first-order valence-corrected chi connectivity index (χ1v) is 6.17. The van der Waals surface area contributed by atoms with Crippen molar-refractivity contribution in [1.82, 2.24) is 4.98 Å². The third-order valence-electron chi connectivity index (χ3n) is 2.60. The molecule has 1 aromatic carbocycles. The first-order chi connectivity index (χ1) is 10.2. The van der Waals surface area contributed by atoms with Crippen molar-refractivity contribution in [3.63, 3.8) is 0 Å². The lowest BCUT2D eigenvalue weighted by atomic mass is 10.3. The van der Waals surface area contributed by atoms with Gasteiger partial charge in [0.2, 0.25) is 5.82 Å². The fraction of sp³-hybridized carbons (Fsp3) is 0.143. The summed E-state index contributed by atoms with van der Waals surface area (Å²) in [6.45, 7) is 0.692. The zero-order chi connectivity index (χ0) is 15.1. The van der Waals surface area contributed by atoms with Gasteiger partial charge in [-0.3, -0.25) is 10.1 Å². The quantitative estimate of drug-likeness (QED) is 0.496. The maximum atomic E-state index is 10.9. The van der Waals surface area contributed by atoms with Gasteiger partial charge in [-0.2, -0.15) is 5.26 Å². The van der Waals surface area contributed by atoms with Gasteiger partial charge in [0.15, 0.2) is 0 Å². The number of nitrogens with zero attached hydrogens (tertiary/aromatic N) is 3. The summed E-state index contributed by atoms with van der Waals surface area (Å²) in [6, 6.07) is 12.2. The maximum Gasteiger partial charge on any atom is 0.312 e. The van der Waals surface area contributed by atoms with Gasteiger partial charge >= 0.3 is 5.69 Å². The van der Waals surface area contributed by atoms with Gasteiger partial charge < -0.3 is 10.1 Å². The van der Waals surface area contributed by atoms with Crippen LogP contribution in [-0.2, 0) is 0 Å². The van der Waals surface area contributed by atoms with Crippen molar-refractivity contribution in [3.8, 4) is 11.8 Å². The van der Waals surface area contributed by atoms with Crippen LogP contribution in [0.25, 0.3) is 0 Å². The van der Waals surface area contributed by atoms with Crippen LogP contribution in [0.15, 0.2) is 42.6 Å². The molecule has 0 unspecified atom stereocenters.